The average Bonchev–Trinajstić information content (AvgIpc) is 2.67. The summed E-state index contributed by atoms with van der Waals surface area (Å²) in [4.78, 5) is 17.3. The van der Waals surface area contributed by atoms with Crippen molar-refractivity contribution >= 4 is 6.09 Å². The highest BCUT2D eigenvalue weighted by Gasteiger charge is 2.22. The maximum Gasteiger partial charge on any atom is 0.410 e. The van der Waals surface area contributed by atoms with Gasteiger partial charge in [-0.1, -0.05) is 12.1 Å². The molecule has 1 heterocycles. The third-order valence-electron chi connectivity index (χ3n) is 1.88. The van der Waals surface area contributed by atoms with Crippen LogP contribution in [-0.4, -0.2) is 33.3 Å². The molecule has 0 unspecified atom stereocenters. The molecule has 0 aromatic carbocycles. The number of carbonyl (C=O) groups excluding carboxylic acids is 1. The Balaban J connectivity index is 2.62. The lowest BCUT2D eigenvalue weighted by atomic mass is 10.2. The minimum atomic E-state index is -0.502. The minimum absolute atomic E-state index is 0.281. The van der Waals surface area contributed by atoms with Crippen LogP contribution >= 0.6 is 0 Å². The molecule has 17 heavy (non-hydrogen) atoms. The van der Waals surface area contributed by atoms with Gasteiger partial charge in [0.1, 0.15) is 12.1 Å². The molecule has 0 aliphatic heterocycles. The molecule has 1 aromatic rings. The van der Waals surface area contributed by atoms with E-state index in [-0.39, 0.29) is 12.6 Å². The molecular weight excluding hydrogens is 222 g/mol. The van der Waals surface area contributed by atoms with E-state index in [1.54, 1.807) is 4.90 Å². The number of hydrogen-bond donors (Lipinski definition) is 0. The van der Waals surface area contributed by atoms with Crippen LogP contribution in [0.5, 0.6) is 0 Å². The van der Waals surface area contributed by atoms with Crippen molar-refractivity contribution in [1.82, 2.24) is 15.0 Å². The summed E-state index contributed by atoms with van der Waals surface area (Å²) in [5, 5.41) is 3.50. The zero-order valence-electron chi connectivity index (χ0n) is 10.8. The van der Waals surface area contributed by atoms with Gasteiger partial charge >= 0.3 is 6.09 Å². The predicted molar refractivity (Wildman–Crippen MR) is 61.2 cm³/mol. The summed E-state index contributed by atoms with van der Waals surface area (Å²) in [6.45, 7) is 8.37. The van der Waals surface area contributed by atoms with E-state index in [1.807, 2.05) is 27.7 Å². The standard InChI is InChI=1S/C11H19N3O3/c1-5-6-14(7-9-12-8-13-17-9)10(15)16-11(2,3)4/h8H,5-7H2,1-4H3. The van der Waals surface area contributed by atoms with Crippen molar-refractivity contribution in [3.8, 4) is 0 Å². The first-order chi connectivity index (χ1) is 7.92. The van der Waals surface area contributed by atoms with E-state index < -0.39 is 5.60 Å². The predicted octanol–water partition coefficient (Wildman–Crippen LogP) is 2.22. The first kappa shape index (κ1) is 13.5. The van der Waals surface area contributed by atoms with E-state index in [0.717, 1.165) is 6.42 Å². The van der Waals surface area contributed by atoms with Crippen molar-refractivity contribution in [2.75, 3.05) is 6.54 Å². The van der Waals surface area contributed by atoms with Gasteiger partial charge in [0, 0.05) is 6.54 Å². The van der Waals surface area contributed by atoms with Crippen molar-refractivity contribution < 1.29 is 14.1 Å². The highest BCUT2D eigenvalue weighted by atomic mass is 16.6. The third kappa shape index (κ3) is 4.84. The smallest absolute Gasteiger partial charge is 0.410 e. The molecule has 0 bridgehead atoms. The quantitative estimate of drug-likeness (QED) is 0.808. The Bertz CT molecular complexity index is 343. The lowest BCUT2D eigenvalue weighted by Crippen LogP contribution is -2.37. The van der Waals surface area contributed by atoms with Crippen molar-refractivity contribution in [3.63, 3.8) is 0 Å². The molecule has 1 rings (SSSR count). The Kier molecular flexibility index (Phi) is 4.48. The molecule has 1 aromatic heterocycles. The van der Waals surface area contributed by atoms with Crippen LogP contribution in [0.3, 0.4) is 0 Å². The molecule has 0 spiro atoms. The molecule has 0 radical (unpaired) electrons. The van der Waals surface area contributed by atoms with Gasteiger partial charge in [-0.25, -0.2) is 4.79 Å². The molecule has 0 atom stereocenters. The largest absolute Gasteiger partial charge is 0.444 e. The molecule has 0 N–H and O–H groups in total. The van der Waals surface area contributed by atoms with Gasteiger partial charge in [0.2, 0.25) is 5.89 Å². The second kappa shape index (κ2) is 5.65. The van der Waals surface area contributed by atoms with Crippen LogP contribution in [0.15, 0.2) is 10.9 Å². The fourth-order valence-electron chi connectivity index (χ4n) is 1.26. The number of ether oxygens (including phenoxy) is 1. The van der Waals surface area contributed by atoms with Crippen LogP contribution in [-0.2, 0) is 11.3 Å². The average molecular weight is 241 g/mol. The van der Waals surface area contributed by atoms with Crippen LogP contribution < -0.4 is 0 Å². The van der Waals surface area contributed by atoms with E-state index in [1.165, 1.54) is 6.33 Å². The van der Waals surface area contributed by atoms with E-state index in [4.69, 9.17) is 9.26 Å². The fraction of sp³-hybridized carbons (Fsp3) is 0.727. The molecule has 0 fully saturated rings. The van der Waals surface area contributed by atoms with Crippen molar-refractivity contribution in [1.29, 1.82) is 0 Å². The number of carbonyl (C=O) groups is 1. The van der Waals surface area contributed by atoms with E-state index in [2.05, 4.69) is 10.1 Å². The first-order valence-electron chi connectivity index (χ1n) is 5.66. The van der Waals surface area contributed by atoms with Gasteiger partial charge in [0.25, 0.3) is 0 Å². The summed E-state index contributed by atoms with van der Waals surface area (Å²) >= 11 is 0. The highest BCUT2D eigenvalue weighted by molar-refractivity contribution is 5.67. The third-order valence-corrected chi connectivity index (χ3v) is 1.88. The Morgan fingerprint density at radius 3 is 2.71 bits per heavy atom. The lowest BCUT2D eigenvalue weighted by molar-refractivity contribution is 0.0215. The summed E-state index contributed by atoms with van der Waals surface area (Å²) in [6.07, 6.45) is 1.79. The monoisotopic (exact) mass is 241 g/mol. The van der Waals surface area contributed by atoms with Crippen LogP contribution in [0, 0.1) is 0 Å². The van der Waals surface area contributed by atoms with Crippen LogP contribution in [0.2, 0.25) is 0 Å². The molecule has 0 aliphatic carbocycles. The van der Waals surface area contributed by atoms with Gasteiger partial charge < -0.3 is 9.26 Å². The van der Waals surface area contributed by atoms with Crippen LogP contribution in [0.1, 0.15) is 40.0 Å². The SMILES string of the molecule is CCCN(Cc1ncno1)C(=O)OC(C)(C)C. The zero-order valence-corrected chi connectivity index (χ0v) is 10.8. The minimum Gasteiger partial charge on any atom is -0.444 e. The Morgan fingerprint density at radius 1 is 1.53 bits per heavy atom. The molecule has 1 amide bonds. The lowest BCUT2D eigenvalue weighted by Gasteiger charge is -2.26. The van der Waals surface area contributed by atoms with Gasteiger partial charge in [-0.2, -0.15) is 4.98 Å². The molecule has 6 nitrogen and oxygen atoms in total. The second-order valence-corrected chi connectivity index (χ2v) is 4.74. The van der Waals surface area contributed by atoms with Crippen molar-refractivity contribution in [2.24, 2.45) is 0 Å². The maximum atomic E-state index is 11.9. The molecule has 6 heteroatoms. The number of amides is 1. The van der Waals surface area contributed by atoms with Gasteiger partial charge in [-0.15, -0.1) is 0 Å². The zero-order chi connectivity index (χ0) is 12.9. The molecule has 0 saturated carbocycles. The summed E-state index contributed by atoms with van der Waals surface area (Å²) < 4.78 is 10.2. The van der Waals surface area contributed by atoms with Crippen molar-refractivity contribution in [3.05, 3.63) is 12.2 Å². The Labute approximate surface area is 101 Å². The summed E-state index contributed by atoms with van der Waals surface area (Å²) in [5.74, 6) is 0.407. The van der Waals surface area contributed by atoms with Gasteiger partial charge in [-0.3, -0.25) is 4.90 Å². The number of hydrogen-bond acceptors (Lipinski definition) is 5. The van der Waals surface area contributed by atoms with Gasteiger partial charge in [0.05, 0.1) is 0 Å². The van der Waals surface area contributed by atoms with Crippen molar-refractivity contribution in [2.45, 2.75) is 46.3 Å². The number of aromatic nitrogens is 2. The van der Waals surface area contributed by atoms with E-state index in [9.17, 15) is 4.79 Å². The normalized spacial score (nSPS) is 11.3. The first-order valence-corrected chi connectivity index (χ1v) is 5.66. The Morgan fingerprint density at radius 2 is 2.24 bits per heavy atom. The van der Waals surface area contributed by atoms with Crippen LogP contribution in [0.4, 0.5) is 4.79 Å². The number of rotatable bonds is 4. The topological polar surface area (TPSA) is 68.5 Å². The highest BCUT2D eigenvalue weighted by Crippen LogP contribution is 2.12. The second-order valence-electron chi connectivity index (χ2n) is 4.74. The summed E-state index contributed by atoms with van der Waals surface area (Å²) in [6, 6.07) is 0. The van der Waals surface area contributed by atoms with Gasteiger partial charge in [0.15, 0.2) is 6.33 Å². The van der Waals surface area contributed by atoms with Gasteiger partial charge in [-0.05, 0) is 27.2 Å². The molecule has 96 valence electrons. The fourth-order valence-corrected chi connectivity index (χ4v) is 1.26. The Hall–Kier alpha value is -1.59. The summed E-state index contributed by atoms with van der Waals surface area (Å²) in [5.41, 5.74) is -0.502. The van der Waals surface area contributed by atoms with E-state index in [0.29, 0.717) is 12.4 Å². The molecule has 0 saturated heterocycles. The molecule has 0 aliphatic rings. The maximum absolute atomic E-state index is 11.9. The summed E-state index contributed by atoms with van der Waals surface area (Å²) in [7, 11) is 0. The van der Waals surface area contributed by atoms with E-state index >= 15 is 0 Å². The van der Waals surface area contributed by atoms with Crippen LogP contribution in [0.25, 0.3) is 0 Å². The number of nitrogens with zero attached hydrogens (tertiary/aromatic N) is 3. The molecular formula is C11H19N3O3.